The van der Waals surface area contributed by atoms with Crippen molar-refractivity contribution in [3.63, 3.8) is 0 Å². The summed E-state index contributed by atoms with van der Waals surface area (Å²) in [7, 11) is 0. The zero-order valence-electron chi connectivity index (χ0n) is 14.7. The van der Waals surface area contributed by atoms with E-state index in [0.717, 1.165) is 42.0 Å². The van der Waals surface area contributed by atoms with Crippen molar-refractivity contribution in [2.24, 2.45) is 23.5 Å². The molecule has 26 heavy (non-hydrogen) atoms. The Kier molecular flexibility index (Phi) is 4.73. The molecular weight excluding hydrogens is 352 g/mol. The molecule has 0 spiro atoms. The summed E-state index contributed by atoms with van der Waals surface area (Å²) in [6, 6.07) is 0. The highest BCUT2D eigenvalue weighted by Gasteiger charge is 2.40. The number of hydrogen-bond acceptors (Lipinski definition) is 5. The molecule has 3 atom stereocenters. The summed E-state index contributed by atoms with van der Waals surface area (Å²) in [6.45, 7) is -0.319. The Morgan fingerprint density at radius 3 is 2.73 bits per heavy atom. The van der Waals surface area contributed by atoms with Gasteiger partial charge in [-0.05, 0) is 61.8 Å². The van der Waals surface area contributed by atoms with Crippen LogP contribution in [0.15, 0.2) is 0 Å². The lowest BCUT2D eigenvalue weighted by Crippen LogP contribution is -2.24. The SMILES string of the molecule is NC(=O)c1c(NC(=O)COC(=O)C[C@@H]2C[C@H]3CC[C@H]2C3)sc2c1CCC2. The van der Waals surface area contributed by atoms with Crippen molar-refractivity contribution in [3.05, 3.63) is 16.0 Å². The third kappa shape index (κ3) is 3.37. The number of rotatable bonds is 6. The Labute approximate surface area is 156 Å². The molecule has 0 aromatic carbocycles. The van der Waals surface area contributed by atoms with E-state index in [2.05, 4.69) is 5.32 Å². The molecule has 2 bridgehead atoms. The minimum Gasteiger partial charge on any atom is -0.456 e. The number of carbonyl (C=O) groups excluding carboxylic acids is 3. The average molecular weight is 376 g/mol. The smallest absolute Gasteiger partial charge is 0.306 e. The van der Waals surface area contributed by atoms with Crippen LogP contribution < -0.4 is 11.1 Å². The van der Waals surface area contributed by atoms with Crippen LogP contribution in [0.3, 0.4) is 0 Å². The summed E-state index contributed by atoms with van der Waals surface area (Å²) >= 11 is 1.40. The maximum Gasteiger partial charge on any atom is 0.306 e. The number of fused-ring (bicyclic) bond motifs is 3. The highest BCUT2D eigenvalue weighted by atomic mass is 32.1. The summed E-state index contributed by atoms with van der Waals surface area (Å²) in [5.41, 5.74) is 6.87. The van der Waals surface area contributed by atoms with Crippen LogP contribution in [-0.4, -0.2) is 24.4 Å². The van der Waals surface area contributed by atoms with Crippen molar-refractivity contribution in [3.8, 4) is 0 Å². The number of nitrogens with one attached hydrogen (secondary N) is 1. The number of esters is 1. The largest absolute Gasteiger partial charge is 0.456 e. The Morgan fingerprint density at radius 2 is 2.04 bits per heavy atom. The molecular formula is C19H24N2O4S. The van der Waals surface area contributed by atoms with Gasteiger partial charge in [-0.15, -0.1) is 11.3 Å². The molecule has 2 saturated carbocycles. The quantitative estimate of drug-likeness (QED) is 0.746. The maximum absolute atomic E-state index is 12.1. The molecule has 1 heterocycles. The van der Waals surface area contributed by atoms with Crippen LogP contribution in [0.2, 0.25) is 0 Å². The number of amides is 2. The Morgan fingerprint density at radius 1 is 1.19 bits per heavy atom. The molecule has 7 heteroatoms. The van der Waals surface area contributed by atoms with Gasteiger partial charge in [-0.2, -0.15) is 0 Å². The zero-order chi connectivity index (χ0) is 18.3. The van der Waals surface area contributed by atoms with E-state index in [1.807, 2.05) is 0 Å². The van der Waals surface area contributed by atoms with Crippen LogP contribution in [0.25, 0.3) is 0 Å². The van der Waals surface area contributed by atoms with Crippen LogP contribution in [0.4, 0.5) is 5.00 Å². The molecule has 2 fully saturated rings. The second kappa shape index (κ2) is 7.02. The minimum atomic E-state index is -0.520. The molecule has 0 unspecified atom stereocenters. The number of aryl methyl sites for hydroxylation is 1. The van der Waals surface area contributed by atoms with E-state index >= 15 is 0 Å². The molecule has 0 radical (unpaired) electrons. The third-order valence-electron chi connectivity index (χ3n) is 6.10. The molecule has 0 aliphatic heterocycles. The average Bonchev–Trinajstić information content (AvgIpc) is 3.32. The van der Waals surface area contributed by atoms with Gasteiger partial charge in [-0.1, -0.05) is 6.42 Å². The van der Waals surface area contributed by atoms with Crippen molar-refractivity contribution in [1.29, 1.82) is 0 Å². The zero-order valence-corrected chi connectivity index (χ0v) is 15.5. The van der Waals surface area contributed by atoms with Crippen LogP contribution in [-0.2, 0) is 27.2 Å². The number of primary amides is 1. The normalized spacial score (nSPS) is 25.9. The molecule has 140 valence electrons. The van der Waals surface area contributed by atoms with E-state index in [4.69, 9.17) is 10.5 Å². The van der Waals surface area contributed by atoms with E-state index < -0.39 is 11.8 Å². The number of thiophene rings is 1. The van der Waals surface area contributed by atoms with Gasteiger partial charge in [0.15, 0.2) is 6.61 Å². The van der Waals surface area contributed by atoms with Gasteiger partial charge in [0, 0.05) is 11.3 Å². The molecule has 3 aliphatic rings. The summed E-state index contributed by atoms with van der Waals surface area (Å²) in [5.74, 6) is 0.622. The van der Waals surface area contributed by atoms with Gasteiger partial charge in [0.2, 0.25) is 0 Å². The monoisotopic (exact) mass is 376 g/mol. The van der Waals surface area contributed by atoms with Crippen molar-refractivity contribution >= 4 is 34.1 Å². The summed E-state index contributed by atoms with van der Waals surface area (Å²) in [4.78, 5) is 37.0. The first-order valence-electron chi connectivity index (χ1n) is 9.41. The summed E-state index contributed by atoms with van der Waals surface area (Å²) in [6.07, 6.45) is 8.04. The molecule has 1 aromatic heterocycles. The Bertz CT molecular complexity index is 757. The fraction of sp³-hybridized carbons (Fsp3) is 0.632. The van der Waals surface area contributed by atoms with Gasteiger partial charge in [0.1, 0.15) is 5.00 Å². The molecule has 3 N–H and O–H groups in total. The van der Waals surface area contributed by atoms with E-state index in [9.17, 15) is 14.4 Å². The van der Waals surface area contributed by atoms with Crippen molar-refractivity contribution in [2.45, 2.75) is 51.4 Å². The van der Waals surface area contributed by atoms with E-state index in [1.54, 1.807) is 0 Å². The van der Waals surface area contributed by atoms with Gasteiger partial charge < -0.3 is 15.8 Å². The number of hydrogen-bond donors (Lipinski definition) is 2. The topological polar surface area (TPSA) is 98.5 Å². The fourth-order valence-electron chi connectivity index (χ4n) is 4.96. The minimum absolute atomic E-state index is 0.304. The predicted octanol–water partition coefficient (Wildman–Crippen LogP) is 2.64. The highest BCUT2D eigenvalue weighted by molar-refractivity contribution is 7.17. The number of nitrogens with two attached hydrogens (primary N) is 1. The number of carbonyl (C=O) groups is 3. The van der Waals surface area contributed by atoms with E-state index in [1.165, 1.54) is 30.6 Å². The molecule has 1 aromatic rings. The molecule has 3 aliphatic carbocycles. The van der Waals surface area contributed by atoms with Crippen LogP contribution in [0, 0.1) is 17.8 Å². The van der Waals surface area contributed by atoms with Crippen LogP contribution in [0.1, 0.15) is 59.3 Å². The van der Waals surface area contributed by atoms with Crippen LogP contribution >= 0.6 is 11.3 Å². The second-order valence-electron chi connectivity index (χ2n) is 7.77. The highest BCUT2D eigenvalue weighted by Crippen LogP contribution is 2.49. The molecule has 0 saturated heterocycles. The molecule has 4 rings (SSSR count). The van der Waals surface area contributed by atoms with E-state index in [-0.39, 0.29) is 12.6 Å². The van der Waals surface area contributed by atoms with Gasteiger partial charge >= 0.3 is 5.97 Å². The third-order valence-corrected chi connectivity index (χ3v) is 7.31. The predicted molar refractivity (Wildman–Crippen MR) is 98.0 cm³/mol. The maximum atomic E-state index is 12.1. The van der Waals surface area contributed by atoms with Crippen LogP contribution in [0.5, 0.6) is 0 Å². The number of anilines is 1. The first-order valence-corrected chi connectivity index (χ1v) is 10.2. The standard InChI is InChI=1S/C19H24N2O4S/c20-18(24)17-13-2-1-3-14(13)26-19(17)21-15(22)9-25-16(23)8-12-7-10-4-5-11(12)6-10/h10-12H,1-9H2,(H2,20,24)(H,21,22)/t10-,11-,12-/m0/s1. The van der Waals surface area contributed by atoms with Gasteiger partial charge in [0.05, 0.1) is 5.56 Å². The van der Waals surface area contributed by atoms with Crippen molar-refractivity contribution in [2.75, 3.05) is 11.9 Å². The lowest BCUT2D eigenvalue weighted by Gasteiger charge is -2.20. The van der Waals surface area contributed by atoms with Gasteiger partial charge in [-0.3, -0.25) is 14.4 Å². The van der Waals surface area contributed by atoms with Gasteiger partial charge in [-0.25, -0.2) is 0 Å². The summed E-state index contributed by atoms with van der Waals surface area (Å²) in [5, 5.41) is 3.18. The van der Waals surface area contributed by atoms with Crippen molar-refractivity contribution < 1.29 is 19.1 Å². The Balaban J connectivity index is 1.29. The van der Waals surface area contributed by atoms with Gasteiger partial charge in [0.25, 0.3) is 11.8 Å². The number of ether oxygens (including phenoxy) is 1. The summed E-state index contributed by atoms with van der Waals surface area (Å²) < 4.78 is 5.16. The first-order chi connectivity index (χ1) is 12.5. The second-order valence-corrected chi connectivity index (χ2v) is 8.88. The Hall–Kier alpha value is -1.89. The first kappa shape index (κ1) is 17.5. The van der Waals surface area contributed by atoms with E-state index in [0.29, 0.717) is 28.8 Å². The van der Waals surface area contributed by atoms with Crippen molar-refractivity contribution in [1.82, 2.24) is 0 Å². The molecule has 6 nitrogen and oxygen atoms in total. The fourth-order valence-corrected chi connectivity index (χ4v) is 6.27. The lowest BCUT2D eigenvalue weighted by atomic mass is 9.86. The lowest BCUT2D eigenvalue weighted by molar-refractivity contribution is -0.148. The molecule has 2 amide bonds.